The molecule has 2 aliphatic rings. The third kappa shape index (κ3) is 2.94. The van der Waals surface area contributed by atoms with Gasteiger partial charge in [-0.25, -0.2) is 9.78 Å². The lowest BCUT2D eigenvalue weighted by Crippen LogP contribution is -2.47. The number of para-hydroxylation sites is 1. The molecule has 1 atom stereocenters. The maximum atomic E-state index is 13.4. The summed E-state index contributed by atoms with van der Waals surface area (Å²) in [6, 6.07) is 11.6. The maximum absolute atomic E-state index is 13.4. The van der Waals surface area contributed by atoms with Crippen LogP contribution in [0.5, 0.6) is 0 Å². The monoisotopic (exact) mass is 433 g/mol. The van der Waals surface area contributed by atoms with Crippen LogP contribution in [0.4, 0.5) is 0 Å². The number of nitrogens with zero attached hydrogens (tertiary/aromatic N) is 2. The molecule has 0 saturated carbocycles. The molecule has 0 saturated heterocycles. The summed E-state index contributed by atoms with van der Waals surface area (Å²) in [6.45, 7) is 2.30. The van der Waals surface area contributed by atoms with Crippen molar-refractivity contribution < 1.29 is 19.1 Å². The van der Waals surface area contributed by atoms with Crippen molar-refractivity contribution in [1.82, 2.24) is 9.55 Å². The third-order valence-electron chi connectivity index (χ3n) is 6.26. The molecule has 32 heavy (non-hydrogen) atoms. The molecule has 164 valence electrons. The number of benzene rings is 1. The van der Waals surface area contributed by atoms with Crippen molar-refractivity contribution in [3.8, 4) is 11.4 Å². The summed E-state index contributed by atoms with van der Waals surface area (Å²) in [4.78, 5) is 43.6. The standard InChI is InChI=1S/C24H23N3O5/c1-2-24(32-20(28)8-5-9-25)17-11-19-21-15(10-14-6-3-4-7-18(14)26-21)12-27(19)22(29)16(17)13-31-23(24)30/h3-4,6-7,10-11H,2,5,8-9,12-13,25H2,1H3/t24-/m0/s1. The van der Waals surface area contributed by atoms with Crippen molar-refractivity contribution in [3.63, 3.8) is 0 Å². The molecular formula is C24H23N3O5. The summed E-state index contributed by atoms with van der Waals surface area (Å²) < 4.78 is 12.7. The van der Waals surface area contributed by atoms with Crippen molar-refractivity contribution in [2.24, 2.45) is 5.73 Å². The van der Waals surface area contributed by atoms with E-state index in [4.69, 9.17) is 20.2 Å². The first-order valence-corrected chi connectivity index (χ1v) is 10.7. The highest BCUT2D eigenvalue weighted by atomic mass is 16.6. The van der Waals surface area contributed by atoms with Gasteiger partial charge in [0.1, 0.15) is 6.61 Å². The van der Waals surface area contributed by atoms with Crippen LogP contribution in [0, 0.1) is 0 Å². The van der Waals surface area contributed by atoms with Gasteiger partial charge < -0.3 is 19.8 Å². The Hall–Kier alpha value is -3.52. The smallest absolute Gasteiger partial charge is 0.355 e. The van der Waals surface area contributed by atoms with Gasteiger partial charge in [-0.3, -0.25) is 9.59 Å². The Morgan fingerprint density at radius 3 is 2.88 bits per heavy atom. The lowest BCUT2D eigenvalue weighted by molar-refractivity contribution is -0.189. The lowest BCUT2D eigenvalue weighted by atomic mass is 9.85. The van der Waals surface area contributed by atoms with Gasteiger partial charge in [0.15, 0.2) is 0 Å². The van der Waals surface area contributed by atoms with E-state index in [0.717, 1.165) is 16.5 Å². The number of aromatic nitrogens is 2. The number of esters is 2. The molecule has 0 spiro atoms. The van der Waals surface area contributed by atoms with Crippen molar-refractivity contribution in [2.45, 2.75) is 44.9 Å². The molecule has 2 aromatic heterocycles. The number of carbonyl (C=O) groups is 2. The average molecular weight is 433 g/mol. The van der Waals surface area contributed by atoms with Crippen LogP contribution >= 0.6 is 0 Å². The first-order chi connectivity index (χ1) is 15.5. The summed E-state index contributed by atoms with van der Waals surface area (Å²) in [5, 5.41) is 0.993. The zero-order valence-electron chi connectivity index (χ0n) is 17.7. The Bertz CT molecular complexity index is 1330. The summed E-state index contributed by atoms with van der Waals surface area (Å²) in [5.41, 5.74) is 7.35. The Balaban J connectivity index is 1.69. The number of nitrogens with two attached hydrogens (primary N) is 1. The molecule has 1 aromatic carbocycles. The molecular weight excluding hydrogens is 410 g/mol. The molecule has 2 N–H and O–H groups in total. The largest absolute Gasteiger partial charge is 0.457 e. The third-order valence-corrected chi connectivity index (χ3v) is 6.26. The molecule has 3 aromatic rings. The predicted molar refractivity (Wildman–Crippen MR) is 117 cm³/mol. The Morgan fingerprint density at radius 2 is 2.09 bits per heavy atom. The van der Waals surface area contributed by atoms with Crippen LogP contribution in [-0.4, -0.2) is 28.0 Å². The van der Waals surface area contributed by atoms with Gasteiger partial charge in [0.25, 0.3) is 5.56 Å². The van der Waals surface area contributed by atoms with Gasteiger partial charge in [0, 0.05) is 22.9 Å². The van der Waals surface area contributed by atoms with Gasteiger partial charge in [-0.2, -0.15) is 0 Å². The van der Waals surface area contributed by atoms with E-state index in [1.165, 1.54) is 0 Å². The van der Waals surface area contributed by atoms with E-state index in [9.17, 15) is 14.4 Å². The molecule has 0 aliphatic carbocycles. The number of pyridine rings is 2. The van der Waals surface area contributed by atoms with Crippen LogP contribution in [0.1, 0.15) is 42.9 Å². The molecule has 4 heterocycles. The average Bonchev–Trinajstić information content (AvgIpc) is 3.16. The molecule has 0 amide bonds. The lowest BCUT2D eigenvalue weighted by Gasteiger charge is -2.35. The van der Waals surface area contributed by atoms with Gasteiger partial charge in [0.05, 0.1) is 29.0 Å². The minimum Gasteiger partial charge on any atom is -0.457 e. The summed E-state index contributed by atoms with van der Waals surface area (Å²) in [6.07, 6.45) is 0.674. The van der Waals surface area contributed by atoms with Crippen molar-refractivity contribution in [1.29, 1.82) is 0 Å². The summed E-state index contributed by atoms with van der Waals surface area (Å²) in [7, 11) is 0. The summed E-state index contributed by atoms with van der Waals surface area (Å²) in [5.74, 6) is -1.21. The molecule has 0 bridgehead atoms. The van der Waals surface area contributed by atoms with E-state index in [1.807, 2.05) is 30.3 Å². The van der Waals surface area contributed by atoms with Crippen LogP contribution < -0.4 is 11.3 Å². The second kappa shape index (κ2) is 7.56. The van der Waals surface area contributed by atoms with Crippen molar-refractivity contribution in [3.05, 3.63) is 63.4 Å². The highest BCUT2D eigenvalue weighted by Gasteiger charge is 2.50. The Kier molecular flexibility index (Phi) is 4.82. The highest BCUT2D eigenvalue weighted by Crippen LogP contribution is 2.41. The molecule has 8 heteroatoms. The molecule has 0 unspecified atom stereocenters. The van der Waals surface area contributed by atoms with E-state index >= 15 is 0 Å². The zero-order chi connectivity index (χ0) is 22.5. The van der Waals surface area contributed by atoms with Crippen molar-refractivity contribution >= 4 is 22.8 Å². The SMILES string of the molecule is CC[C@@]1(OC(=O)CCCN)C(=O)OCc2c1cc1n(c2=O)Cc2cc3ccccc3nc2-1. The van der Waals surface area contributed by atoms with Gasteiger partial charge >= 0.3 is 11.9 Å². The minimum atomic E-state index is -1.66. The number of cyclic esters (lactones) is 1. The van der Waals surface area contributed by atoms with Crippen LogP contribution in [0.2, 0.25) is 0 Å². The summed E-state index contributed by atoms with van der Waals surface area (Å²) >= 11 is 0. The van der Waals surface area contributed by atoms with E-state index in [-0.39, 0.29) is 25.0 Å². The van der Waals surface area contributed by atoms with Crippen LogP contribution in [0.3, 0.4) is 0 Å². The van der Waals surface area contributed by atoms with Gasteiger partial charge in [0.2, 0.25) is 5.60 Å². The second-order valence-electron chi connectivity index (χ2n) is 8.12. The number of hydrogen-bond acceptors (Lipinski definition) is 7. The molecule has 5 rings (SSSR count). The van der Waals surface area contributed by atoms with Gasteiger partial charge in [-0.1, -0.05) is 25.1 Å². The van der Waals surface area contributed by atoms with Crippen LogP contribution in [-0.2, 0) is 37.8 Å². The normalized spacial score (nSPS) is 18.6. The maximum Gasteiger partial charge on any atom is 0.355 e. The molecule has 0 radical (unpaired) electrons. The van der Waals surface area contributed by atoms with Gasteiger partial charge in [-0.15, -0.1) is 0 Å². The van der Waals surface area contributed by atoms with Crippen molar-refractivity contribution in [2.75, 3.05) is 6.54 Å². The quantitative estimate of drug-likeness (QED) is 0.481. The van der Waals surface area contributed by atoms with Crippen LogP contribution in [0.25, 0.3) is 22.3 Å². The fraction of sp³-hybridized carbons (Fsp3) is 0.333. The Morgan fingerprint density at radius 1 is 1.28 bits per heavy atom. The van der Waals surface area contributed by atoms with E-state index in [1.54, 1.807) is 17.6 Å². The minimum absolute atomic E-state index is 0.0845. The first kappa shape index (κ1) is 20.4. The number of ether oxygens (including phenoxy) is 2. The molecule has 8 nitrogen and oxygen atoms in total. The number of hydrogen-bond donors (Lipinski definition) is 1. The number of carbonyl (C=O) groups excluding carboxylic acids is 2. The Labute approximate surface area is 184 Å². The fourth-order valence-corrected chi connectivity index (χ4v) is 4.57. The van der Waals surface area contributed by atoms with E-state index in [2.05, 4.69) is 0 Å². The van der Waals surface area contributed by atoms with E-state index in [0.29, 0.717) is 42.0 Å². The van der Waals surface area contributed by atoms with Gasteiger partial charge in [-0.05, 0) is 37.6 Å². The topological polar surface area (TPSA) is 114 Å². The zero-order valence-corrected chi connectivity index (χ0v) is 17.7. The predicted octanol–water partition coefficient (Wildman–Crippen LogP) is 2.37. The highest BCUT2D eigenvalue weighted by molar-refractivity contribution is 5.88. The number of rotatable bonds is 5. The molecule has 0 fully saturated rings. The second-order valence-corrected chi connectivity index (χ2v) is 8.12. The number of fused-ring (bicyclic) bond motifs is 5. The van der Waals surface area contributed by atoms with Crippen LogP contribution in [0.15, 0.2) is 41.2 Å². The van der Waals surface area contributed by atoms with E-state index < -0.39 is 17.5 Å². The fourth-order valence-electron chi connectivity index (χ4n) is 4.57. The first-order valence-electron chi connectivity index (χ1n) is 10.7. The molecule has 2 aliphatic heterocycles.